The monoisotopic (exact) mass is 402 g/mol. The van der Waals surface area contributed by atoms with Crippen LogP contribution in [0.2, 0.25) is 0 Å². The second-order valence-corrected chi connectivity index (χ2v) is 6.33. The molecule has 150 valence electrons. The Morgan fingerprint density at radius 3 is 2.45 bits per heavy atom. The van der Waals surface area contributed by atoms with E-state index in [2.05, 4.69) is 5.32 Å². The first kappa shape index (κ1) is 20.1. The molecule has 0 unspecified atom stereocenters. The minimum Gasteiger partial charge on any atom is -0.449 e. The van der Waals surface area contributed by atoms with E-state index < -0.39 is 29.6 Å². The van der Waals surface area contributed by atoms with Gasteiger partial charge in [0.15, 0.2) is 6.10 Å². The van der Waals surface area contributed by atoms with Crippen molar-refractivity contribution >= 4 is 35.1 Å². The molecule has 0 aromatic heterocycles. The molecule has 2 aromatic rings. The average Bonchev–Trinajstić information content (AvgIpc) is 3.02. The summed E-state index contributed by atoms with van der Waals surface area (Å²) in [5, 5.41) is 2.15. The number of nitrogens with one attached hydrogen (secondary N) is 1. The third-order valence-corrected chi connectivity index (χ3v) is 4.23. The van der Waals surface area contributed by atoms with Crippen molar-refractivity contribution in [3.05, 3.63) is 59.7 Å². The molecule has 1 N–H and O–H groups in total. The highest BCUT2D eigenvalue weighted by Gasteiger charge is 2.31. The summed E-state index contributed by atoms with van der Waals surface area (Å²) in [5.74, 6) is -4.06. The summed E-state index contributed by atoms with van der Waals surface area (Å²) < 4.78 is 31.9. The normalized spacial score (nSPS) is 14.7. The lowest BCUT2D eigenvalue weighted by Gasteiger charge is -2.16. The molecule has 1 aliphatic heterocycles. The Bertz CT molecular complexity index is 992. The molecule has 3 rings (SSSR count). The summed E-state index contributed by atoms with van der Waals surface area (Å²) >= 11 is 0. The van der Waals surface area contributed by atoms with Crippen molar-refractivity contribution < 1.29 is 32.7 Å². The average molecular weight is 402 g/mol. The van der Waals surface area contributed by atoms with Crippen LogP contribution in [-0.4, -0.2) is 29.8 Å². The van der Waals surface area contributed by atoms with Gasteiger partial charge in [0.2, 0.25) is 11.8 Å². The van der Waals surface area contributed by atoms with Gasteiger partial charge in [-0.15, -0.1) is 0 Å². The van der Waals surface area contributed by atoms with E-state index in [0.717, 1.165) is 23.1 Å². The number of amides is 3. The predicted molar refractivity (Wildman–Crippen MR) is 98.0 cm³/mol. The van der Waals surface area contributed by atoms with Gasteiger partial charge in [-0.25, -0.2) is 13.6 Å². The van der Waals surface area contributed by atoms with Gasteiger partial charge in [0.05, 0.1) is 16.9 Å². The van der Waals surface area contributed by atoms with E-state index in [1.54, 1.807) is 0 Å². The Labute approximate surface area is 164 Å². The first-order valence-corrected chi connectivity index (χ1v) is 8.69. The maximum atomic E-state index is 13.6. The van der Waals surface area contributed by atoms with Crippen LogP contribution in [0.15, 0.2) is 42.5 Å². The molecule has 2 aromatic carbocycles. The summed E-state index contributed by atoms with van der Waals surface area (Å²) in [6.45, 7) is 1.27. The largest absolute Gasteiger partial charge is 0.449 e. The molecule has 3 amide bonds. The Balaban J connectivity index is 1.69. The molecule has 9 heteroatoms. The first-order valence-electron chi connectivity index (χ1n) is 8.69. The molecule has 1 heterocycles. The van der Waals surface area contributed by atoms with Gasteiger partial charge in [0.1, 0.15) is 11.6 Å². The lowest BCUT2D eigenvalue weighted by Crippen LogP contribution is -2.31. The Kier molecular flexibility index (Phi) is 5.67. The molecule has 1 saturated heterocycles. The zero-order valence-corrected chi connectivity index (χ0v) is 15.3. The number of ether oxygens (including phenoxy) is 1. The third kappa shape index (κ3) is 4.45. The second-order valence-electron chi connectivity index (χ2n) is 6.33. The lowest BCUT2D eigenvalue weighted by atomic mass is 10.2. The molecule has 0 saturated carbocycles. The quantitative estimate of drug-likeness (QED) is 0.613. The fourth-order valence-electron chi connectivity index (χ4n) is 2.75. The van der Waals surface area contributed by atoms with Gasteiger partial charge in [-0.05, 0) is 37.3 Å². The minimum atomic E-state index is -1.32. The standard InChI is InChI=1S/C20H16F2N2O5/c1-11(19(27)23-16-10-13(21)5-6-15(16)22)29-20(28)12-3-2-4-14(9-12)24-17(25)7-8-18(24)26/h2-6,9-11H,7-8H2,1H3,(H,23,27)/t11-/m1/s1. The van der Waals surface area contributed by atoms with Crippen molar-refractivity contribution in [2.45, 2.75) is 25.9 Å². The van der Waals surface area contributed by atoms with Crippen LogP contribution in [0.5, 0.6) is 0 Å². The van der Waals surface area contributed by atoms with Crippen LogP contribution < -0.4 is 10.2 Å². The number of nitrogens with zero attached hydrogens (tertiary/aromatic N) is 1. The van der Waals surface area contributed by atoms with Crippen LogP contribution >= 0.6 is 0 Å². The fraction of sp³-hybridized carbons (Fsp3) is 0.200. The SMILES string of the molecule is C[C@@H](OC(=O)c1cccc(N2C(=O)CCC2=O)c1)C(=O)Nc1cc(F)ccc1F. The van der Waals surface area contributed by atoms with E-state index in [-0.39, 0.29) is 41.6 Å². The maximum absolute atomic E-state index is 13.6. The van der Waals surface area contributed by atoms with Crippen molar-refractivity contribution in [1.82, 2.24) is 0 Å². The van der Waals surface area contributed by atoms with E-state index in [4.69, 9.17) is 4.74 Å². The van der Waals surface area contributed by atoms with Crippen molar-refractivity contribution in [1.29, 1.82) is 0 Å². The molecule has 1 atom stereocenters. The summed E-state index contributed by atoms with van der Waals surface area (Å²) in [6, 6.07) is 8.23. The Hall–Kier alpha value is -3.62. The molecular formula is C20H16F2N2O5. The van der Waals surface area contributed by atoms with Gasteiger partial charge < -0.3 is 10.1 Å². The third-order valence-electron chi connectivity index (χ3n) is 4.23. The molecular weight excluding hydrogens is 386 g/mol. The molecule has 7 nitrogen and oxygen atoms in total. The van der Waals surface area contributed by atoms with E-state index in [1.165, 1.54) is 31.2 Å². The van der Waals surface area contributed by atoms with Crippen molar-refractivity contribution in [2.24, 2.45) is 0 Å². The molecule has 0 bridgehead atoms. The molecule has 29 heavy (non-hydrogen) atoms. The highest BCUT2D eigenvalue weighted by Crippen LogP contribution is 2.24. The summed E-state index contributed by atoms with van der Waals surface area (Å²) in [4.78, 5) is 49.1. The lowest BCUT2D eigenvalue weighted by molar-refractivity contribution is -0.124. The predicted octanol–water partition coefficient (Wildman–Crippen LogP) is 2.80. The Morgan fingerprint density at radius 2 is 1.76 bits per heavy atom. The van der Waals surface area contributed by atoms with E-state index in [9.17, 15) is 28.0 Å². The number of halogens is 2. The van der Waals surface area contributed by atoms with Gasteiger partial charge >= 0.3 is 5.97 Å². The topological polar surface area (TPSA) is 92.8 Å². The van der Waals surface area contributed by atoms with E-state index in [1.807, 2.05) is 0 Å². The molecule has 0 radical (unpaired) electrons. The number of hydrogen-bond acceptors (Lipinski definition) is 5. The van der Waals surface area contributed by atoms with Crippen molar-refractivity contribution in [3.8, 4) is 0 Å². The number of carbonyl (C=O) groups is 4. The highest BCUT2D eigenvalue weighted by molar-refractivity contribution is 6.20. The molecule has 1 fully saturated rings. The minimum absolute atomic E-state index is 0.0200. The number of hydrogen-bond donors (Lipinski definition) is 1. The number of benzene rings is 2. The Morgan fingerprint density at radius 1 is 1.07 bits per heavy atom. The summed E-state index contributed by atoms with van der Waals surface area (Å²) in [6.07, 6.45) is -1.12. The number of imide groups is 1. The fourth-order valence-corrected chi connectivity index (χ4v) is 2.75. The van der Waals surface area contributed by atoms with Gasteiger partial charge in [0, 0.05) is 18.9 Å². The molecule has 0 aliphatic carbocycles. The zero-order chi connectivity index (χ0) is 21.1. The second kappa shape index (κ2) is 8.17. The van der Waals surface area contributed by atoms with Gasteiger partial charge in [0.25, 0.3) is 5.91 Å². The summed E-state index contributed by atoms with van der Waals surface area (Å²) in [7, 11) is 0. The first-order chi connectivity index (χ1) is 13.8. The molecule has 0 spiro atoms. The highest BCUT2D eigenvalue weighted by atomic mass is 19.1. The number of esters is 1. The molecule has 1 aliphatic rings. The van der Waals surface area contributed by atoms with E-state index in [0.29, 0.717) is 0 Å². The number of anilines is 2. The van der Waals surface area contributed by atoms with E-state index >= 15 is 0 Å². The van der Waals surface area contributed by atoms with Crippen LogP contribution in [-0.2, 0) is 19.1 Å². The zero-order valence-electron chi connectivity index (χ0n) is 15.3. The van der Waals surface area contributed by atoms with Gasteiger partial charge in [-0.1, -0.05) is 6.07 Å². The number of rotatable bonds is 5. The van der Waals surface area contributed by atoms with Crippen molar-refractivity contribution in [3.63, 3.8) is 0 Å². The van der Waals surface area contributed by atoms with Gasteiger partial charge in [-0.2, -0.15) is 0 Å². The van der Waals surface area contributed by atoms with Crippen LogP contribution in [0.3, 0.4) is 0 Å². The van der Waals surface area contributed by atoms with Crippen LogP contribution in [0.1, 0.15) is 30.1 Å². The van der Waals surface area contributed by atoms with Crippen LogP contribution in [0.25, 0.3) is 0 Å². The smallest absolute Gasteiger partial charge is 0.338 e. The van der Waals surface area contributed by atoms with Gasteiger partial charge in [-0.3, -0.25) is 19.3 Å². The summed E-state index contributed by atoms with van der Waals surface area (Å²) in [5.41, 5.74) is -0.136. The van der Waals surface area contributed by atoms with Crippen LogP contribution in [0, 0.1) is 11.6 Å². The number of carbonyl (C=O) groups excluding carboxylic acids is 4. The maximum Gasteiger partial charge on any atom is 0.338 e. The van der Waals surface area contributed by atoms with Crippen molar-refractivity contribution in [2.75, 3.05) is 10.2 Å². The van der Waals surface area contributed by atoms with Crippen LogP contribution in [0.4, 0.5) is 20.2 Å².